The van der Waals surface area contributed by atoms with Crippen molar-refractivity contribution in [3.8, 4) is 16.2 Å². The Morgan fingerprint density at radius 2 is 2.08 bits per heavy atom. The number of aromatic hydroxyl groups is 1. The Morgan fingerprint density at radius 1 is 1.23 bits per heavy atom. The molecule has 1 heterocycles. The van der Waals surface area contributed by atoms with Gasteiger partial charge in [0.25, 0.3) is 0 Å². The van der Waals surface area contributed by atoms with Gasteiger partial charge in [-0.2, -0.15) is 0 Å². The fourth-order valence-corrected chi connectivity index (χ4v) is 1.83. The summed E-state index contributed by atoms with van der Waals surface area (Å²) < 4.78 is 12.9. The van der Waals surface area contributed by atoms with Crippen LogP contribution in [0.5, 0.6) is 5.75 Å². The normalized spacial score (nSPS) is 10.2. The summed E-state index contributed by atoms with van der Waals surface area (Å²) >= 11 is 1.54. The van der Waals surface area contributed by atoms with Crippen LogP contribution in [0.1, 0.15) is 0 Å². The topological polar surface area (TPSA) is 20.2 Å². The van der Waals surface area contributed by atoms with E-state index in [1.165, 1.54) is 12.1 Å². The van der Waals surface area contributed by atoms with Gasteiger partial charge in [0.15, 0.2) is 11.6 Å². The zero-order valence-corrected chi connectivity index (χ0v) is 7.51. The molecule has 66 valence electrons. The number of phenolic OH excluding ortho intramolecular Hbond substituents is 1. The molecule has 0 aliphatic heterocycles. The van der Waals surface area contributed by atoms with Crippen LogP contribution in [0.4, 0.5) is 4.39 Å². The summed E-state index contributed by atoms with van der Waals surface area (Å²) in [5.41, 5.74) is 0.797. The molecule has 0 saturated carbocycles. The van der Waals surface area contributed by atoms with Crippen LogP contribution < -0.4 is 0 Å². The van der Waals surface area contributed by atoms with Crippen molar-refractivity contribution in [2.75, 3.05) is 0 Å². The van der Waals surface area contributed by atoms with Gasteiger partial charge in [-0.05, 0) is 35.2 Å². The monoisotopic (exact) mass is 194 g/mol. The maximum absolute atomic E-state index is 12.9. The molecule has 0 saturated heterocycles. The Bertz CT molecular complexity index is 409. The van der Waals surface area contributed by atoms with Crippen molar-refractivity contribution in [3.05, 3.63) is 41.5 Å². The molecule has 2 aromatic rings. The van der Waals surface area contributed by atoms with Crippen LogP contribution in [-0.4, -0.2) is 5.11 Å². The SMILES string of the molecule is Oc1ccc(-c2cccs2)cc1F. The van der Waals surface area contributed by atoms with Crippen LogP contribution in [0.25, 0.3) is 10.4 Å². The molecule has 1 aromatic heterocycles. The van der Waals surface area contributed by atoms with Gasteiger partial charge < -0.3 is 5.11 Å². The molecule has 0 aliphatic rings. The zero-order valence-electron chi connectivity index (χ0n) is 6.70. The highest BCUT2D eigenvalue weighted by Gasteiger charge is 2.03. The second-order valence-corrected chi connectivity index (χ2v) is 3.59. The fraction of sp³-hybridized carbons (Fsp3) is 0. The molecule has 1 nitrogen and oxygen atoms in total. The molecule has 0 radical (unpaired) electrons. The average Bonchev–Trinajstić information content (AvgIpc) is 2.62. The van der Waals surface area contributed by atoms with E-state index < -0.39 is 5.82 Å². The van der Waals surface area contributed by atoms with E-state index in [2.05, 4.69) is 0 Å². The number of hydrogen-bond acceptors (Lipinski definition) is 2. The van der Waals surface area contributed by atoms with Gasteiger partial charge in [-0.25, -0.2) is 4.39 Å². The van der Waals surface area contributed by atoms with Crippen molar-refractivity contribution >= 4 is 11.3 Å². The molecule has 2 rings (SSSR count). The van der Waals surface area contributed by atoms with E-state index in [1.54, 1.807) is 17.4 Å². The van der Waals surface area contributed by atoms with Gasteiger partial charge in [0.05, 0.1) is 0 Å². The first-order chi connectivity index (χ1) is 6.27. The summed E-state index contributed by atoms with van der Waals surface area (Å²) in [5, 5.41) is 10.9. The second kappa shape index (κ2) is 3.18. The van der Waals surface area contributed by atoms with Crippen LogP contribution >= 0.6 is 11.3 Å². The Kier molecular flexibility index (Phi) is 2.02. The minimum atomic E-state index is -0.578. The molecule has 0 bridgehead atoms. The summed E-state index contributed by atoms with van der Waals surface area (Å²) in [4.78, 5) is 0.999. The third-order valence-electron chi connectivity index (χ3n) is 1.75. The third kappa shape index (κ3) is 1.55. The minimum absolute atomic E-state index is 0.305. The highest BCUT2D eigenvalue weighted by molar-refractivity contribution is 7.13. The number of halogens is 1. The number of benzene rings is 1. The summed E-state index contributed by atoms with van der Waals surface area (Å²) in [5.74, 6) is -0.883. The highest BCUT2D eigenvalue weighted by Crippen LogP contribution is 2.27. The molecule has 1 N–H and O–H groups in total. The molecule has 0 unspecified atom stereocenters. The number of rotatable bonds is 1. The standard InChI is InChI=1S/C10H7FOS/c11-8-6-7(3-4-9(8)12)10-2-1-5-13-10/h1-6,12H. The predicted molar refractivity (Wildman–Crippen MR) is 51.4 cm³/mol. The zero-order chi connectivity index (χ0) is 9.26. The second-order valence-electron chi connectivity index (χ2n) is 2.64. The van der Waals surface area contributed by atoms with Crippen LogP contribution in [0.15, 0.2) is 35.7 Å². The average molecular weight is 194 g/mol. The summed E-state index contributed by atoms with van der Waals surface area (Å²) in [7, 11) is 0. The van der Waals surface area contributed by atoms with E-state index in [1.807, 2.05) is 17.5 Å². The van der Waals surface area contributed by atoms with Gasteiger partial charge in [-0.15, -0.1) is 11.3 Å². The van der Waals surface area contributed by atoms with Crippen molar-refractivity contribution in [1.82, 2.24) is 0 Å². The first-order valence-corrected chi connectivity index (χ1v) is 4.68. The Labute approximate surface area is 79.1 Å². The quantitative estimate of drug-likeness (QED) is 0.738. The van der Waals surface area contributed by atoms with Crippen molar-refractivity contribution in [1.29, 1.82) is 0 Å². The molecule has 0 spiro atoms. The maximum Gasteiger partial charge on any atom is 0.165 e. The Hall–Kier alpha value is -1.35. The summed E-state index contributed by atoms with van der Waals surface area (Å²) in [6.07, 6.45) is 0. The van der Waals surface area contributed by atoms with E-state index in [0.29, 0.717) is 0 Å². The molecule has 13 heavy (non-hydrogen) atoms. The molecular formula is C10H7FOS. The van der Waals surface area contributed by atoms with E-state index in [9.17, 15) is 4.39 Å². The van der Waals surface area contributed by atoms with Crippen molar-refractivity contribution in [2.24, 2.45) is 0 Å². The largest absolute Gasteiger partial charge is 0.505 e. The lowest BCUT2D eigenvalue weighted by Crippen LogP contribution is -1.77. The number of thiophene rings is 1. The van der Waals surface area contributed by atoms with E-state index >= 15 is 0 Å². The lowest BCUT2D eigenvalue weighted by molar-refractivity contribution is 0.432. The van der Waals surface area contributed by atoms with Gasteiger partial charge in [0, 0.05) is 4.88 Å². The lowest BCUT2D eigenvalue weighted by atomic mass is 10.2. The molecule has 1 aromatic carbocycles. The first-order valence-electron chi connectivity index (χ1n) is 3.80. The first kappa shape index (κ1) is 8.26. The predicted octanol–water partition coefficient (Wildman–Crippen LogP) is 3.26. The van der Waals surface area contributed by atoms with Gasteiger partial charge in [-0.1, -0.05) is 6.07 Å². The Morgan fingerprint density at radius 3 is 2.69 bits per heavy atom. The lowest BCUT2D eigenvalue weighted by Gasteiger charge is -1.98. The van der Waals surface area contributed by atoms with Crippen LogP contribution in [0.3, 0.4) is 0 Å². The fourth-order valence-electron chi connectivity index (χ4n) is 1.10. The van der Waals surface area contributed by atoms with Crippen LogP contribution in [0, 0.1) is 5.82 Å². The number of hydrogen-bond donors (Lipinski definition) is 1. The third-order valence-corrected chi connectivity index (χ3v) is 2.67. The van der Waals surface area contributed by atoms with Crippen LogP contribution in [-0.2, 0) is 0 Å². The van der Waals surface area contributed by atoms with E-state index in [-0.39, 0.29) is 5.75 Å². The van der Waals surface area contributed by atoms with Crippen molar-refractivity contribution in [3.63, 3.8) is 0 Å². The van der Waals surface area contributed by atoms with E-state index in [4.69, 9.17) is 5.11 Å². The smallest absolute Gasteiger partial charge is 0.165 e. The molecule has 0 amide bonds. The highest BCUT2D eigenvalue weighted by atomic mass is 32.1. The molecular weight excluding hydrogens is 187 g/mol. The number of phenols is 1. The minimum Gasteiger partial charge on any atom is -0.505 e. The summed E-state index contributed by atoms with van der Waals surface area (Å²) in [6, 6.07) is 8.22. The van der Waals surface area contributed by atoms with Crippen molar-refractivity contribution < 1.29 is 9.50 Å². The van der Waals surface area contributed by atoms with E-state index in [0.717, 1.165) is 10.4 Å². The molecule has 0 atom stereocenters. The molecule has 0 fully saturated rings. The molecule has 0 aliphatic carbocycles. The van der Waals surface area contributed by atoms with Crippen molar-refractivity contribution in [2.45, 2.75) is 0 Å². The van der Waals surface area contributed by atoms with Gasteiger partial charge in [0.2, 0.25) is 0 Å². The van der Waals surface area contributed by atoms with Gasteiger partial charge in [-0.3, -0.25) is 0 Å². The van der Waals surface area contributed by atoms with Crippen LogP contribution in [0.2, 0.25) is 0 Å². The Balaban J connectivity index is 2.49. The molecule has 3 heteroatoms. The maximum atomic E-state index is 12.9. The summed E-state index contributed by atoms with van der Waals surface area (Å²) in [6.45, 7) is 0. The van der Waals surface area contributed by atoms with Gasteiger partial charge >= 0.3 is 0 Å². The van der Waals surface area contributed by atoms with Gasteiger partial charge in [0.1, 0.15) is 0 Å².